The Bertz CT molecular complexity index is 805. The molecule has 0 aromatic carbocycles. The summed E-state index contributed by atoms with van der Waals surface area (Å²) in [6, 6.07) is -0.804. The normalized spacial score (nSPS) is 26.4. The summed E-state index contributed by atoms with van der Waals surface area (Å²) in [6.45, 7) is 0. The zero-order chi connectivity index (χ0) is 19.6. The van der Waals surface area contributed by atoms with E-state index in [1.54, 1.807) is 11.8 Å². The highest BCUT2D eigenvalue weighted by molar-refractivity contribution is 7.98. The van der Waals surface area contributed by atoms with E-state index in [9.17, 15) is 15.0 Å². The van der Waals surface area contributed by atoms with Crippen LogP contribution in [-0.4, -0.2) is 72.2 Å². The number of thioether (sulfide) groups is 1. The van der Waals surface area contributed by atoms with E-state index >= 15 is 0 Å². The van der Waals surface area contributed by atoms with Crippen molar-refractivity contribution < 1.29 is 24.6 Å². The fourth-order valence-electron chi connectivity index (χ4n) is 2.60. The molecule has 0 radical (unpaired) electrons. The van der Waals surface area contributed by atoms with Gasteiger partial charge in [-0.2, -0.15) is 11.8 Å². The number of imidazole rings is 1. The van der Waals surface area contributed by atoms with Crippen molar-refractivity contribution in [3.63, 3.8) is 0 Å². The van der Waals surface area contributed by atoms with Gasteiger partial charge in [0.1, 0.15) is 30.1 Å². The number of hydrogen-bond acceptors (Lipinski definition) is 12. The topological polar surface area (TPSA) is 184 Å². The zero-order valence-corrected chi connectivity index (χ0v) is 15.2. The molecule has 3 rings (SSSR count). The van der Waals surface area contributed by atoms with Gasteiger partial charge in [-0.25, -0.2) is 19.7 Å². The fraction of sp³-hybridized carbons (Fsp3) is 0.571. The lowest BCUT2D eigenvalue weighted by Crippen LogP contribution is -2.44. The summed E-state index contributed by atoms with van der Waals surface area (Å²) >= 11 is 1.56. The fourth-order valence-corrected chi connectivity index (χ4v) is 3.09. The third kappa shape index (κ3) is 3.97. The molecule has 1 saturated heterocycles. The molecule has 2 aromatic heterocycles. The Morgan fingerprint density at radius 1 is 1.44 bits per heavy atom. The van der Waals surface area contributed by atoms with Crippen molar-refractivity contribution in [3.8, 4) is 0 Å². The van der Waals surface area contributed by atoms with E-state index in [1.807, 2.05) is 6.26 Å². The maximum absolute atomic E-state index is 11.9. The molecule has 3 heterocycles. The van der Waals surface area contributed by atoms with E-state index in [0.717, 1.165) is 0 Å². The number of hydroxylamine groups is 1. The second-order valence-corrected chi connectivity index (χ2v) is 6.92. The van der Waals surface area contributed by atoms with Crippen LogP contribution in [0, 0.1) is 0 Å². The van der Waals surface area contributed by atoms with Gasteiger partial charge in [0.15, 0.2) is 23.9 Å². The van der Waals surface area contributed by atoms with Crippen LogP contribution in [0.1, 0.15) is 12.6 Å². The van der Waals surface area contributed by atoms with E-state index in [4.69, 9.17) is 21.0 Å². The van der Waals surface area contributed by atoms with Crippen molar-refractivity contribution in [2.24, 2.45) is 5.73 Å². The molecule has 1 aliphatic heterocycles. The third-order valence-electron chi connectivity index (χ3n) is 4.11. The van der Waals surface area contributed by atoms with E-state index in [2.05, 4.69) is 20.4 Å². The average molecular weight is 399 g/mol. The van der Waals surface area contributed by atoms with Crippen molar-refractivity contribution in [2.45, 2.75) is 37.1 Å². The van der Waals surface area contributed by atoms with Gasteiger partial charge in [0.25, 0.3) is 0 Å². The monoisotopic (exact) mass is 399 g/mol. The summed E-state index contributed by atoms with van der Waals surface area (Å²) in [5.41, 5.74) is 14.4. The lowest BCUT2D eigenvalue weighted by Gasteiger charge is -2.17. The molecule has 0 unspecified atom stereocenters. The van der Waals surface area contributed by atoms with Gasteiger partial charge in [-0.3, -0.25) is 4.57 Å². The average Bonchev–Trinajstić information content (AvgIpc) is 3.21. The molecule has 2 aromatic rings. The van der Waals surface area contributed by atoms with Gasteiger partial charge in [0.05, 0.1) is 6.33 Å². The first-order valence-corrected chi connectivity index (χ1v) is 9.48. The van der Waals surface area contributed by atoms with Gasteiger partial charge in [0, 0.05) is 0 Å². The second kappa shape index (κ2) is 8.33. The van der Waals surface area contributed by atoms with Crippen molar-refractivity contribution in [1.29, 1.82) is 0 Å². The highest BCUT2D eigenvalue weighted by Crippen LogP contribution is 2.31. The summed E-state index contributed by atoms with van der Waals surface area (Å²) in [7, 11) is 0. The number of aliphatic hydroxyl groups is 2. The van der Waals surface area contributed by atoms with Crippen LogP contribution >= 0.6 is 11.8 Å². The molecule has 0 bridgehead atoms. The smallest absolute Gasteiger partial charge is 0.341 e. The third-order valence-corrected chi connectivity index (χ3v) is 4.75. The molecule has 7 N–H and O–H groups in total. The summed E-state index contributed by atoms with van der Waals surface area (Å²) in [4.78, 5) is 28.7. The molecule has 0 aliphatic carbocycles. The summed E-state index contributed by atoms with van der Waals surface area (Å²) in [5.74, 6) is 0.194. The molecule has 12 nitrogen and oxygen atoms in total. The molecule has 13 heteroatoms. The zero-order valence-electron chi connectivity index (χ0n) is 14.4. The van der Waals surface area contributed by atoms with E-state index in [1.165, 1.54) is 17.2 Å². The minimum Gasteiger partial charge on any atom is -0.386 e. The number of carbonyl (C=O) groups is 1. The largest absolute Gasteiger partial charge is 0.386 e. The van der Waals surface area contributed by atoms with Gasteiger partial charge >= 0.3 is 5.97 Å². The number of hydrogen-bond donors (Lipinski definition) is 5. The first kappa shape index (κ1) is 19.7. The van der Waals surface area contributed by atoms with E-state index < -0.39 is 36.7 Å². The van der Waals surface area contributed by atoms with Crippen LogP contribution in [-0.2, 0) is 14.4 Å². The number of ether oxygens (including phenoxy) is 1. The van der Waals surface area contributed by atoms with Crippen LogP contribution in [0.2, 0.25) is 0 Å². The molecule has 0 amide bonds. The maximum Gasteiger partial charge on any atom is 0.341 e. The van der Waals surface area contributed by atoms with Crippen molar-refractivity contribution in [2.75, 3.05) is 17.7 Å². The molecular weight excluding hydrogens is 378 g/mol. The van der Waals surface area contributed by atoms with Crippen LogP contribution in [0.15, 0.2) is 12.7 Å². The Morgan fingerprint density at radius 3 is 2.96 bits per heavy atom. The molecular formula is C14H21N7O5S. The Labute approximate surface area is 158 Å². The Hall–Kier alpha value is -2.03. The van der Waals surface area contributed by atoms with Crippen LogP contribution in [0.4, 0.5) is 5.82 Å². The Balaban J connectivity index is 1.67. The second-order valence-electron chi connectivity index (χ2n) is 5.94. The van der Waals surface area contributed by atoms with E-state index in [-0.39, 0.29) is 5.82 Å². The lowest BCUT2D eigenvalue weighted by atomic mass is 10.2. The first-order valence-electron chi connectivity index (χ1n) is 8.09. The minimum absolute atomic E-state index is 0.176. The number of nitrogens with two attached hydrogens (primary N) is 2. The molecule has 5 atom stereocenters. The maximum atomic E-state index is 11.9. The number of aromatic nitrogens is 4. The molecule has 1 fully saturated rings. The molecule has 0 spiro atoms. The number of fused-ring (bicyclic) bond motifs is 1. The predicted molar refractivity (Wildman–Crippen MR) is 95.9 cm³/mol. The van der Waals surface area contributed by atoms with Crippen LogP contribution in [0.5, 0.6) is 0 Å². The van der Waals surface area contributed by atoms with Gasteiger partial charge < -0.3 is 31.3 Å². The van der Waals surface area contributed by atoms with E-state index in [0.29, 0.717) is 23.3 Å². The van der Waals surface area contributed by atoms with Crippen LogP contribution in [0.25, 0.3) is 11.2 Å². The van der Waals surface area contributed by atoms with Gasteiger partial charge in [-0.05, 0) is 18.4 Å². The highest BCUT2D eigenvalue weighted by atomic mass is 32.2. The van der Waals surface area contributed by atoms with Crippen LogP contribution in [0.3, 0.4) is 0 Å². The number of aliphatic hydroxyl groups excluding tert-OH is 2. The Morgan fingerprint density at radius 2 is 2.22 bits per heavy atom. The quantitative estimate of drug-likeness (QED) is 0.327. The van der Waals surface area contributed by atoms with Gasteiger partial charge in [-0.1, -0.05) is 0 Å². The van der Waals surface area contributed by atoms with Crippen molar-refractivity contribution in [1.82, 2.24) is 25.0 Å². The van der Waals surface area contributed by atoms with Crippen molar-refractivity contribution >= 4 is 34.7 Å². The number of rotatable bonds is 7. The highest BCUT2D eigenvalue weighted by Gasteiger charge is 2.45. The van der Waals surface area contributed by atoms with Crippen molar-refractivity contribution in [3.05, 3.63) is 12.7 Å². The SMILES string of the molecule is CSCC[C@H](N)C(=O)ON[C@H]1O[C@@H](n2cnc3c(N)ncnc32)[C@H](O)[C@@H]1O. The number of carbonyl (C=O) groups excluding carboxylic acids is 1. The predicted octanol–water partition coefficient (Wildman–Crippen LogP) is -1.89. The Kier molecular flexibility index (Phi) is 6.08. The number of anilines is 1. The lowest BCUT2D eigenvalue weighted by molar-refractivity contribution is -0.169. The summed E-state index contributed by atoms with van der Waals surface area (Å²) in [6.07, 6.45) is 0.0625. The number of nitrogen functional groups attached to an aromatic ring is 1. The summed E-state index contributed by atoms with van der Waals surface area (Å²) in [5, 5.41) is 20.5. The summed E-state index contributed by atoms with van der Waals surface area (Å²) < 4.78 is 6.99. The number of nitrogens with one attached hydrogen (secondary N) is 1. The molecule has 1 aliphatic rings. The molecule has 148 valence electrons. The van der Waals surface area contributed by atoms with Crippen LogP contribution < -0.4 is 16.9 Å². The minimum atomic E-state index is -1.37. The number of nitrogens with zero attached hydrogens (tertiary/aromatic N) is 4. The van der Waals surface area contributed by atoms with Gasteiger partial charge in [-0.15, -0.1) is 5.48 Å². The van der Waals surface area contributed by atoms with Gasteiger partial charge in [0.2, 0.25) is 0 Å². The molecule has 0 saturated carbocycles. The molecule has 27 heavy (non-hydrogen) atoms. The first-order chi connectivity index (χ1) is 12.9. The standard InChI is InChI=1S/C14H21N7O5S/c1-27-3-2-6(15)14(24)26-20-12-8(22)9(23)13(25-12)21-5-19-7-10(16)17-4-18-11(7)21/h4-6,8-9,12-13,20,22-23H,2-3,15H2,1H3,(H2,16,17,18)/t6-,8-,9+,12-,13+/m0/s1.